The van der Waals surface area contributed by atoms with Gasteiger partial charge in [0, 0.05) is 11.9 Å². The molecule has 0 bridgehead atoms. The van der Waals surface area contributed by atoms with E-state index in [-0.39, 0.29) is 38.3 Å². The molecule has 3 aromatic rings. The molecule has 0 saturated carbocycles. The van der Waals surface area contributed by atoms with Gasteiger partial charge in [0.1, 0.15) is 5.82 Å². The second-order valence-corrected chi connectivity index (χ2v) is 5.60. The van der Waals surface area contributed by atoms with Crippen LogP contribution in [0.1, 0.15) is 11.4 Å². The summed E-state index contributed by atoms with van der Waals surface area (Å²) in [4.78, 5) is 7.52. The largest absolute Gasteiger partial charge is 0.434 e. The van der Waals surface area contributed by atoms with Gasteiger partial charge in [-0.05, 0) is 19.1 Å². The molecule has 0 atom stereocenters. The average molecular weight is 362 g/mol. The maximum absolute atomic E-state index is 13.2. The Morgan fingerprint density at radius 3 is 2.52 bits per heavy atom. The molecule has 0 radical (unpaired) electrons. The van der Waals surface area contributed by atoms with Crippen LogP contribution in [-0.4, -0.2) is 19.7 Å². The van der Waals surface area contributed by atoms with Crippen molar-refractivity contribution in [3.63, 3.8) is 0 Å². The quantitative estimate of drug-likeness (QED) is 0.710. The Labute approximate surface area is 137 Å². The molecule has 5 nitrogen and oxygen atoms in total. The van der Waals surface area contributed by atoms with E-state index in [0.717, 1.165) is 4.68 Å². The highest BCUT2D eigenvalue weighted by Crippen LogP contribution is 2.37. The maximum Gasteiger partial charge on any atom is 0.434 e. The lowest BCUT2D eigenvalue weighted by Crippen LogP contribution is -2.10. The van der Waals surface area contributed by atoms with Gasteiger partial charge in [0.15, 0.2) is 11.5 Å². The molecule has 10 heteroatoms. The van der Waals surface area contributed by atoms with Gasteiger partial charge in [-0.2, -0.15) is 23.0 Å². The summed E-state index contributed by atoms with van der Waals surface area (Å²) in [6.45, 7) is 1.44. The van der Waals surface area contributed by atoms with E-state index in [4.69, 9.17) is 28.9 Å². The normalized spacial score (nSPS) is 12.1. The molecule has 0 aromatic carbocycles. The predicted octanol–water partition coefficient (Wildman–Crippen LogP) is 4.03. The van der Waals surface area contributed by atoms with E-state index in [9.17, 15) is 13.2 Å². The number of rotatable bonds is 1. The molecule has 0 aliphatic carbocycles. The molecule has 0 aliphatic rings. The second kappa shape index (κ2) is 5.24. The summed E-state index contributed by atoms with van der Waals surface area (Å²) in [5.74, 6) is -0.174. The van der Waals surface area contributed by atoms with Crippen molar-refractivity contribution < 1.29 is 13.2 Å². The predicted molar refractivity (Wildman–Crippen MR) is 80.8 cm³/mol. The standard InChI is InChI=1S/C13H8Cl2F3N5/c1-5-2-8-9(10(21-5)13(16,17)18)11(19)23(22-8)12-7(15)3-6(14)4-20-12/h2-4H,19H2,1H3. The lowest BCUT2D eigenvalue weighted by atomic mass is 10.2. The number of pyridine rings is 2. The minimum absolute atomic E-state index is 0.0511. The molecular formula is C13H8Cl2F3N5. The number of halogens is 5. The van der Waals surface area contributed by atoms with E-state index in [1.54, 1.807) is 0 Å². The Balaban J connectivity index is 2.35. The van der Waals surface area contributed by atoms with Crippen LogP contribution in [0.5, 0.6) is 0 Å². The van der Waals surface area contributed by atoms with Crippen molar-refractivity contribution in [3.05, 3.63) is 39.8 Å². The van der Waals surface area contributed by atoms with Gasteiger partial charge in [0.2, 0.25) is 0 Å². The van der Waals surface area contributed by atoms with Crippen LogP contribution in [0.2, 0.25) is 10.0 Å². The molecule has 23 heavy (non-hydrogen) atoms. The first kappa shape index (κ1) is 15.8. The summed E-state index contributed by atoms with van der Waals surface area (Å²) in [6, 6.07) is 2.80. The van der Waals surface area contributed by atoms with E-state index in [2.05, 4.69) is 15.1 Å². The van der Waals surface area contributed by atoms with Crippen molar-refractivity contribution in [2.45, 2.75) is 13.1 Å². The molecule has 2 N–H and O–H groups in total. The summed E-state index contributed by atoms with van der Waals surface area (Å²) < 4.78 is 40.7. The van der Waals surface area contributed by atoms with Crippen LogP contribution < -0.4 is 5.73 Å². The number of aryl methyl sites for hydroxylation is 1. The van der Waals surface area contributed by atoms with E-state index in [1.807, 2.05) is 0 Å². The van der Waals surface area contributed by atoms with Crippen molar-refractivity contribution in [1.29, 1.82) is 0 Å². The fourth-order valence-electron chi connectivity index (χ4n) is 2.18. The Morgan fingerprint density at radius 2 is 1.91 bits per heavy atom. The number of anilines is 1. The van der Waals surface area contributed by atoms with Crippen LogP contribution in [0.15, 0.2) is 18.3 Å². The number of aromatic nitrogens is 4. The summed E-state index contributed by atoms with van der Waals surface area (Å²) in [6.07, 6.45) is -3.37. The second-order valence-electron chi connectivity index (χ2n) is 4.76. The van der Waals surface area contributed by atoms with Crippen LogP contribution in [0.4, 0.5) is 19.0 Å². The number of nitrogen functional groups attached to an aromatic ring is 1. The Hall–Kier alpha value is -2.06. The van der Waals surface area contributed by atoms with Gasteiger partial charge in [0.05, 0.1) is 20.9 Å². The van der Waals surface area contributed by atoms with Gasteiger partial charge >= 0.3 is 6.18 Å². The Morgan fingerprint density at radius 1 is 1.22 bits per heavy atom. The van der Waals surface area contributed by atoms with Gasteiger partial charge in [-0.1, -0.05) is 23.2 Å². The van der Waals surface area contributed by atoms with Crippen molar-refractivity contribution in [2.75, 3.05) is 5.73 Å². The summed E-state index contributed by atoms with van der Waals surface area (Å²) in [5, 5.41) is 4.16. The Bertz CT molecular complexity index is 920. The first-order valence-electron chi connectivity index (χ1n) is 6.23. The average Bonchev–Trinajstić information content (AvgIpc) is 2.74. The van der Waals surface area contributed by atoms with Crippen LogP contribution in [-0.2, 0) is 6.18 Å². The Kier molecular flexibility index (Phi) is 3.61. The van der Waals surface area contributed by atoms with E-state index in [1.165, 1.54) is 25.3 Å². The number of hydrogen-bond donors (Lipinski definition) is 1. The van der Waals surface area contributed by atoms with Crippen LogP contribution in [0.25, 0.3) is 16.7 Å². The van der Waals surface area contributed by atoms with Crippen LogP contribution >= 0.6 is 23.2 Å². The highest BCUT2D eigenvalue weighted by molar-refractivity contribution is 6.35. The zero-order chi connectivity index (χ0) is 16.9. The van der Waals surface area contributed by atoms with Crippen molar-refractivity contribution in [3.8, 4) is 5.82 Å². The third kappa shape index (κ3) is 2.68. The molecule has 0 saturated heterocycles. The molecule has 3 aromatic heterocycles. The van der Waals surface area contributed by atoms with Gasteiger partial charge in [0.25, 0.3) is 0 Å². The van der Waals surface area contributed by atoms with E-state index in [0.29, 0.717) is 0 Å². The van der Waals surface area contributed by atoms with Crippen LogP contribution in [0.3, 0.4) is 0 Å². The maximum atomic E-state index is 13.2. The van der Waals surface area contributed by atoms with Crippen molar-refractivity contribution in [2.24, 2.45) is 0 Å². The number of hydrogen-bond acceptors (Lipinski definition) is 4. The fraction of sp³-hybridized carbons (Fsp3) is 0.154. The fourth-order valence-corrected chi connectivity index (χ4v) is 2.64. The van der Waals surface area contributed by atoms with Gasteiger partial charge in [-0.25, -0.2) is 9.97 Å². The van der Waals surface area contributed by atoms with Gasteiger partial charge < -0.3 is 5.73 Å². The smallest absolute Gasteiger partial charge is 0.383 e. The molecule has 0 unspecified atom stereocenters. The van der Waals surface area contributed by atoms with Crippen molar-refractivity contribution in [1.82, 2.24) is 19.7 Å². The SMILES string of the molecule is Cc1cc2nn(-c3ncc(Cl)cc3Cl)c(N)c2c(C(F)(F)F)n1. The number of fused-ring (bicyclic) bond motifs is 1. The van der Waals surface area contributed by atoms with Gasteiger partial charge in [-0.15, -0.1) is 0 Å². The molecule has 0 aliphatic heterocycles. The highest BCUT2D eigenvalue weighted by Gasteiger charge is 2.37. The molecule has 0 amide bonds. The number of nitrogens with two attached hydrogens (primary N) is 1. The summed E-state index contributed by atoms with van der Waals surface area (Å²) in [5.41, 5.74) is 4.98. The zero-order valence-electron chi connectivity index (χ0n) is 11.5. The van der Waals surface area contributed by atoms with Crippen LogP contribution in [0, 0.1) is 6.92 Å². The first-order valence-corrected chi connectivity index (χ1v) is 6.98. The molecule has 3 rings (SSSR count). The molecular weight excluding hydrogens is 354 g/mol. The number of nitrogens with zero attached hydrogens (tertiary/aromatic N) is 4. The molecule has 120 valence electrons. The lowest BCUT2D eigenvalue weighted by molar-refractivity contribution is -0.139. The highest BCUT2D eigenvalue weighted by atomic mass is 35.5. The third-order valence-electron chi connectivity index (χ3n) is 3.08. The zero-order valence-corrected chi connectivity index (χ0v) is 13.0. The summed E-state index contributed by atoms with van der Waals surface area (Å²) >= 11 is 11.8. The van der Waals surface area contributed by atoms with E-state index >= 15 is 0 Å². The first-order chi connectivity index (χ1) is 10.7. The molecule has 0 spiro atoms. The van der Waals surface area contributed by atoms with E-state index < -0.39 is 11.9 Å². The monoisotopic (exact) mass is 361 g/mol. The third-order valence-corrected chi connectivity index (χ3v) is 3.56. The number of alkyl halides is 3. The van der Waals surface area contributed by atoms with Crippen molar-refractivity contribution >= 4 is 39.9 Å². The lowest BCUT2D eigenvalue weighted by Gasteiger charge is -2.08. The molecule has 3 heterocycles. The topological polar surface area (TPSA) is 69.6 Å². The minimum atomic E-state index is -4.66. The minimum Gasteiger partial charge on any atom is -0.383 e. The summed E-state index contributed by atoms with van der Waals surface area (Å²) in [7, 11) is 0. The van der Waals surface area contributed by atoms with Gasteiger partial charge in [-0.3, -0.25) is 0 Å². The molecule has 0 fully saturated rings.